The average Bonchev–Trinajstić information content (AvgIpc) is 2.72. The highest BCUT2D eigenvalue weighted by Crippen LogP contribution is 2.24. The standard InChI is InChI=1S/C20H22N4O6/c1-12-5-6-14(24(27)28)10-17(12)21-19(25)9-13(2)22-23-20(26)16-8-7-15(29-3)11-18(16)30-4/h5-8,10-11H,9H2,1-4H3,(H,21,25)(H,23,26)/b22-13+. The first-order valence-corrected chi connectivity index (χ1v) is 8.85. The smallest absolute Gasteiger partial charge is 0.275 e. The third kappa shape index (κ3) is 5.77. The average molecular weight is 414 g/mol. The van der Waals surface area contributed by atoms with Gasteiger partial charge in [-0.2, -0.15) is 5.10 Å². The molecule has 30 heavy (non-hydrogen) atoms. The topological polar surface area (TPSA) is 132 Å². The van der Waals surface area contributed by atoms with E-state index in [0.717, 1.165) is 0 Å². The minimum atomic E-state index is -0.537. The maximum Gasteiger partial charge on any atom is 0.275 e. The van der Waals surface area contributed by atoms with E-state index >= 15 is 0 Å². The van der Waals surface area contributed by atoms with Crippen molar-refractivity contribution in [1.82, 2.24) is 5.43 Å². The van der Waals surface area contributed by atoms with Crippen LogP contribution in [-0.4, -0.2) is 36.7 Å². The van der Waals surface area contributed by atoms with Crippen LogP contribution in [0.5, 0.6) is 11.5 Å². The van der Waals surface area contributed by atoms with Crippen LogP contribution in [0, 0.1) is 17.0 Å². The number of benzene rings is 2. The number of nitro benzene ring substituents is 1. The number of anilines is 1. The van der Waals surface area contributed by atoms with E-state index in [-0.39, 0.29) is 17.7 Å². The molecule has 2 amide bonds. The Morgan fingerprint density at radius 3 is 2.50 bits per heavy atom. The van der Waals surface area contributed by atoms with Crippen molar-refractivity contribution in [2.45, 2.75) is 20.3 Å². The second kappa shape index (κ2) is 10.0. The summed E-state index contributed by atoms with van der Waals surface area (Å²) in [5.74, 6) is -0.0743. The maximum atomic E-state index is 12.3. The Morgan fingerprint density at radius 1 is 1.13 bits per heavy atom. The van der Waals surface area contributed by atoms with Gasteiger partial charge in [0.1, 0.15) is 11.5 Å². The zero-order chi connectivity index (χ0) is 22.3. The quantitative estimate of drug-likeness (QED) is 0.388. The second-order valence-electron chi connectivity index (χ2n) is 6.34. The maximum absolute atomic E-state index is 12.3. The van der Waals surface area contributed by atoms with Crippen LogP contribution in [0.25, 0.3) is 0 Å². The molecule has 0 atom stereocenters. The molecule has 0 heterocycles. The first kappa shape index (κ1) is 22.3. The number of methoxy groups -OCH3 is 2. The molecular formula is C20H22N4O6. The summed E-state index contributed by atoms with van der Waals surface area (Å²) < 4.78 is 10.3. The molecule has 2 aromatic carbocycles. The number of ether oxygens (including phenoxy) is 2. The number of aryl methyl sites for hydroxylation is 1. The van der Waals surface area contributed by atoms with Crippen molar-refractivity contribution in [2.24, 2.45) is 5.10 Å². The molecule has 0 unspecified atom stereocenters. The lowest BCUT2D eigenvalue weighted by molar-refractivity contribution is -0.384. The SMILES string of the molecule is COc1ccc(C(=O)N/N=C(\C)CC(=O)Nc2cc([N+](=O)[O-])ccc2C)c(OC)c1. The summed E-state index contributed by atoms with van der Waals surface area (Å²) in [7, 11) is 2.93. The molecule has 0 saturated heterocycles. The van der Waals surface area contributed by atoms with E-state index in [1.54, 1.807) is 32.0 Å². The summed E-state index contributed by atoms with van der Waals surface area (Å²) in [4.78, 5) is 34.9. The van der Waals surface area contributed by atoms with Crippen LogP contribution in [0.4, 0.5) is 11.4 Å². The van der Waals surface area contributed by atoms with Crippen LogP contribution in [0.15, 0.2) is 41.5 Å². The highest BCUT2D eigenvalue weighted by molar-refractivity contribution is 6.06. The van der Waals surface area contributed by atoms with E-state index in [9.17, 15) is 19.7 Å². The zero-order valence-corrected chi connectivity index (χ0v) is 17.0. The molecule has 10 heteroatoms. The fraction of sp³-hybridized carbons (Fsp3) is 0.250. The number of hydrazone groups is 1. The van der Waals surface area contributed by atoms with E-state index in [4.69, 9.17) is 9.47 Å². The van der Waals surface area contributed by atoms with Crippen LogP contribution in [-0.2, 0) is 4.79 Å². The number of carbonyl (C=O) groups is 2. The Kier molecular flexibility index (Phi) is 7.45. The molecule has 158 valence electrons. The van der Waals surface area contributed by atoms with Gasteiger partial charge < -0.3 is 14.8 Å². The molecule has 2 rings (SSSR count). The number of non-ortho nitro benzene ring substituents is 1. The Hall–Kier alpha value is -3.95. The summed E-state index contributed by atoms with van der Waals surface area (Å²) in [6, 6.07) is 8.92. The third-order valence-electron chi connectivity index (χ3n) is 4.12. The van der Waals surface area contributed by atoms with Crippen LogP contribution in [0.2, 0.25) is 0 Å². The number of nitrogens with one attached hydrogen (secondary N) is 2. The van der Waals surface area contributed by atoms with Gasteiger partial charge in [-0.3, -0.25) is 19.7 Å². The molecular weight excluding hydrogens is 392 g/mol. The summed E-state index contributed by atoms with van der Waals surface area (Å²) in [5.41, 5.74) is 3.88. The lowest BCUT2D eigenvalue weighted by atomic mass is 10.1. The third-order valence-corrected chi connectivity index (χ3v) is 4.12. The number of rotatable bonds is 8. The van der Waals surface area contributed by atoms with Crippen molar-refractivity contribution in [3.8, 4) is 11.5 Å². The number of hydrogen-bond donors (Lipinski definition) is 2. The first-order chi connectivity index (χ1) is 14.2. The Labute approximate surface area is 173 Å². The minimum Gasteiger partial charge on any atom is -0.497 e. The van der Waals surface area contributed by atoms with E-state index in [1.807, 2.05) is 0 Å². The molecule has 0 aliphatic carbocycles. The number of carbonyl (C=O) groups excluding carboxylic acids is 2. The van der Waals surface area contributed by atoms with Gasteiger partial charge >= 0.3 is 0 Å². The lowest BCUT2D eigenvalue weighted by Gasteiger charge is -2.10. The van der Waals surface area contributed by atoms with Crippen LogP contribution < -0.4 is 20.2 Å². The van der Waals surface area contributed by atoms with E-state index in [1.165, 1.54) is 32.4 Å². The molecule has 0 spiro atoms. The predicted molar refractivity (Wildman–Crippen MR) is 111 cm³/mol. The molecule has 0 aliphatic heterocycles. The molecule has 0 bridgehead atoms. The minimum absolute atomic E-state index is 0.109. The number of nitro groups is 1. The summed E-state index contributed by atoms with van der Waals surface area (Å²) in [6.07, 6.45) is -0.109. The van der Waals surface area contributed by atoms with Crippen LogP contribution in [0.3, 0.4) is 0 Å². The van der Waals surface area contributed by atoms with Gasteiger partial charge in [-0.25, -0.2) is 5.43 Å². The fourth-order valence-corrected chi connectivity index (χ4v) is 2.52. The Morgan fingerprint density at radius 2 is 1.87 bits per heavy atom. The Balaban J connectivity index is 2.02. The van der Waals surface area contributed by atoms with Crippen molar-refractivity contribution in [1.29, 1.82) is 0 Å². The molecule has 0 saturated carbocycles. The number of amides is 2. The van der Waals surface area contributed by atoms with E-state index in [0.29, 0.717) is 28.5 Å². The van der Waals surface area contributed by atoms with Gasteiger partial charge in [0.2, 0.25) is 5.91 Å². The molecule has 0 aromatic heterocycles. The van der Waals surface area contributed by atoms with Crippen molar-refractivity contribution < 1.29 is 24.0 Å². The van der Waals surface area contributed by atoms with Crippen LogP contribution >= 0.6 is 0 Å². The molecule has 0 aliphatic rings. The molecule has 10 nitrogen and oxygen atoms in total. The fourth-order valence-electron chi connectivity index (χ4n) is 2.52. The van der Waals surface area contributed by atoms with Gasteiger partial charge in [0.25, 0.3) is 11.6 Å². The van der Waals surface area contributed by atoms with Gasteiger partial charge in [0, 0.05) is 23.9 Å². The van der Waals surface area contributed by atoms with E-state index < -0.39 is 16.7 Å². The molecule has 0 radical (unpaired) electrons. The molecule has 2 N–H and O–H groups in total. The van der Waals surface area contributed by atoms with Gasteiger partial charge in [0.15, 0.2) is 0 Å². The van der Waals surface area contributed by atoms with Crippen molar-refractivity contribution in [3.05, 3.63) is 57.6 Å². The first-order valence-electron chi connectivity index (χ1n) is 8.85. The van der Waals surface area contributed by atoms with Crippen molar-refractivity contribution in [3.63, 3.8) is 0 Å². The number of hydrogen-bond acceptors (Lipinski definition) is 7. The second-order valence-corrected chi connectivity index (χ2v) is 6.34. The predicted octanol–water partition coefficient (Wildman–Crippen LogP) is 3.05. The summed E-state index contributed by atoms with van der Waals surface area (Å²) in [5, 5.41) is 17.4. The largest absolute Gasteiger partial charge is 0.497 e. The number of nitrogens with zero attached hydrogens (tertiary/aromatic N) is 2. The van der Waals surface area contributed by atoms with Crippen molar-refractivity contribution >= 4 is 28.9 Å². The lowest BCUT2D eigenvalue weighted by Crippen LogP contribution is -2.22. The summed E-state index contributed by atoms with van der Waals surface area (Å²) in [6.45, 7) is 3.30. The molecule has 2 aromatic rings. The molecule has 0 fully saturated rings. The van der Waals surface area contributed by atoms with Crippen LogP contribution in [0.1, 0.15) is 29.3 Å². The highest BCUT2D eigenvalue weighted by Gasteiger charge is 2.14. The van der Waals surface area contributed by atoms with Gasteiger partial charge in [0.05, 0.1) is 36.8 Å². The van der Waals surface area contributed by atoms with Gasteiger partial charge in [-0.05, 0) is 31.5 Å². The van der Waals surface area contributed by atoms with E-state index in [2.05, 4.69) is 15.8 Å². The zero-order valence-electron chi connectivity index (χ0n) is 17.0. The monoisotopic (exact) mass is 414 g/mol. The van der Waals surface area contributed by atoms with Gasteiger partial charge in [-0.1, -0.05) is 6.07 Å². The summed E-state index contributed by atoms with van der Waals surface area (Å²) >= 11 is 0. The highest BCUT2D eigenvalue weighted by atomic mass is 16.6. The normalized spacial score (nSPS) is 10.9. The van der Waals surface area contributed by atoms with Crippen molar-refractivity contribution in [2.75, 3.05) is 19.5 Å². The van der Waals surface area contributed by atoms with Gasteiger partial charge in [-0.15, -0.1) is 0 Å². The Bertz CT molecular complexity index is 1000.